The molecule has 0 aliphatic carbocycles. The van der Waals surface area contributed by atoms with Crippen molar-refractivity contribution in [2.24, 2.45) is 5.92 Å². The minimum atomic E-state index is 0. The van der Waals surface area contributed by atoms with Gasteiger partial charge in [-0.2, -0.15) is 0 Å². The summed E-state index contributed by atoms with van der Waals surface area (Å²) in [6, 6.07) is 6.07. The fourth-order valence-electron chi connectivity index (χ4n) is 2.88. The predicted molar refractivity (Wildman–Crippen MR) is 102 cm³/mol. The lowest BCUT2D eigenvalue weighted by molar-refractivity contribution is -0.121. The number of halogens is 1. The van der Waals surface area contributed by atoms with E-state index in [1.165, 1.54) is 6.42 Å². The van der Waals surface area contributed by atoms with Crippen molar-refractivity contribution >= 4 is 18.3 Å². The molecule has 6 heteroatoms. The molecule has 1 aromatic rings. The molecule has 0 radical (unpaired) electrons. The van der Waals surface area contributed by atoms with Gasteiger partial charge in [0.1, 0.15) is 12.4 Å². The van der Waals surface area contributed by atoms with Crippen LogP contribution in [-0.4, -0.2) is 38.8 Å². The first-order valence-electron chi connectivity index (χ1n) is 8.96. The summed E-state index contributed by atoms with van der Waals surface area (Å²) in [4.78, 5) is 12.1. The van der Waals surface area contributed by atoms with E-state index in [1.807, 2.05) is 32.0 Å². The number of amides is 1. The van der Waals surface area contributed by atoms with Crippen molar-refractivity contribution in [3.05, 3.63) is 29.3 Å². The number of aryl methyl sites for hydroxylation is 1. The maximum atomic E-state index is 12.1. The molecule has 1 amide bonds. The van der Waals surface area contributed by atoms with Gasteiger partial charge in [-0.1, -0.05) is 12.1 Å². The number of carbonyl (C=O) groups excluding carboxylic acids is 1. The lowest BCUT2D eigenvalue weighted by Gasteiger charge is -2.14. The number of carbonyl (C=O) groups is 1. The molecule has 0 saturated carbocycles. The van der Waals surface area contributed by atoms with Crippen LogP contribution in [0.5, 0.6) is 5.75 Å². The highest BCUT2D eigenvalue weighted by molar-refractivity contribution is 5.85. The molecule has 1 unspecified atom stereocenters. The van der Waals surface area contributed by atoms with Gasteiger partial charge < -0.3 is 20.1 Å². The first-order valence-corrected chi connectivity index (χ1v) is 8.96. The Morgan fingerprint density at radius 3 is 2.92 bits per heavy atom. The molecular formula is C19H31ClN2O3. The van der Waals surface area contributed by atoms with Crippen LogP contribution < -0.4 is 15.4 Å². The molecular weight excluding hydrogens is 340 g/mol. The van der Waals surface area contributed by atoms with Crippen molar-refractivity contribution in [1.82, 2.24) is 10.6 Å². The third-order valence-electron chi connectivity index (χ3n) is 4.33. The summed E-state index contributed by atoms with van der Waals surface area (Å²) in [6.45, 7) is 8.42. The van der Waals surface area contributed by atoms with Gasteiger partial charge in [-0.25, -0.2) is 0 Å². The van der Waals surface area contributed by atoms with Gasteiger partial charge in [-0.05, 0) is 57.3 Å². The molecule has 142 valence electrons. The Bertz CT molecular complexity index is 519. The second-order valence-electron chi connectivity index (χ2n) is 6.33. The van der Waals surface area contributed by atoms with Crippen LogP contribution in [0.2, 0.25) is 0 Å². The van der Waals surface area contributed by atoms with Crippen LogP contribution >= 0.6 is 12.4 Å². The van der Waals surface area contributed by atoms with E-state index >= 15 is 0 Å². The van der Waals surface area contributed by atoms with E-state index in [0.29, 0.717) is 38.7 Å². The summed E-state index contributed by atoms with van der Waals surface area (Å²) in [5.74, 6) is 1.59. The number of ether oxygens (including phenoxy) is 2. The summed E-state index contributed by atoms with van der Waals surface area (Å²) in [5, 5.41) is 6.35. The van der Waals surface area contributed by atoms with Gasteiger partial charge in [0.05, 0.1) is 6.61 Å². The lowest BCUT2D eigenvalue weighted by Crippen LogP contribution is -2.24. The third kappa shape index (κ3) is 8.08. The monoisotopic (exact) mass is 370 g/mol. The second kappa shape index (κ2) is 12.1. The first kappa shape index (κ1) is 21.7. The zero-order chi connectivity index (χ0) is 17.2. The molecule has 25 heavy (non-hydrogen) atoms. The van der Waals surface area contributed by atoms with E-state index in [0.717, 1.165) is 36.4 Å². The lowest BCUT2D eigenvalue weighted by atomic mass is 10.0. The fourth-order valence-corrected chi connectivity index (χ4v) is 2.88. The summed E-state index contributed by atoms with van der Waals surface area (Å²) in [5.41, 5.74) is 2.15. The number of hydrogen-bond donors (Lipinski definition) is 2. The predicted octanol–water partition coefficient (Wildman–Crippen LogP) is 2.84. The van der Waals surface area contributed by atoms with E-state index in [2.05, 4.69) is 10.6 Å². The van der Waals surface area contributed by atoms with Crippen LogP contribution in [0.4, 0.5) is 0 Å². The average molecular weight is 371 g/mol. The Kier molecular flexibility index (Phi) is 10.5. The van der Waals surface area contributed by atoms with Crippen LogP contribution in [-0.2, 0) is 16.1 Å². The zero-order valence-electron chi connectivity index (χ0n) is 15.3. The highest BCUT2D eigenvalue weighted by atomic mass is 35.5. The van der Waals surface area contributed by atoms with Gasteiger partial charge in [-0.3, -0.25) is 4.79 Å². The molecule has 1 saturated heterocycles. The van der Waals surface area contributed by atoms with E-state index < -0.39 is 0 Å². The molecule has 1 fully saturated rings. The van der Waals surface area contributed by atoms with E-state index in [1.54, 1.807) is 0 Å². The molecule has 2 rings (SSSR count). The highest BCUT2D eigenvalue weighted by Crippen LogP contribution is 2.20. The molecule has 5 nitrogen and oxygen atoms in total. The second-order valence-corrected chi connectivity index (χ2v) is 6.33. The zero-order valence-corrected chi connectivity index (χ0v) is 16.1. The number of rotatable bonds is 10. The van der Waals surface area contributed by atoms with Crippen molar-refractivity contribution < 1.29 is 14.3 Å². The molecule has 1 aromatic carbocycles. The fraction of sp³-hybridized carbons (Fsp3) is 0.632. The van der Waals surface area contributed by atoms with Crippen LogP contribution in [0.3, 0.4) is 0 Å². The molecule has 2 N–H and O–H groups in total. The highest BCUT2D eigenvalue weighted by Gasteiger charge is 2.15. The van der Waals surface area contributed by atoms with E-state index in [-0.39, 0.29) is 18.3 Å². The normalized spacial score (nSPS) is 16.3. The molecule has 0 aromatic heterocycles. The van der Waals surface area contributed by atoms with Gasteiger partial charge in [0.2, 0.25) is 5.91 Å². The molecule has 1 heterocycles. The summed E-state index contributed by atoms with van der Waals surface area (Å²) in [6.07, 6.45) is 2.74. The van der Waals surface area contributed by atoms with Gasteiger partial charge in [0.25, 0.3) is 0 Å². The number of nitrogens with one attached hydrogen (secondary N) is 2. The molecule has 0 bridgehead atoms. The van der Waals surface area contributed by atoms with Crippen LogP contribution in [0.25, 0.3) is 0 Å². The van der Waals surface area contributed by atoms with Crippen LogP contribution in [0.15, 0.2) is 18.2 Å². The minimum absolute atomic E-state index is 0. The SMILES string of the molecule is CCOCCOc1cc(C)ccc1CNC(=O)CCC1CCNC1.Cl. The number of hydrogen-bond acceptors (Lipinski definition) is 4. The minimum Gasteiger partial charge on any atom is -0.491 e. The number of benzene rings is 1. The molecule has 1 aliphatic rings. The Balaban J connectivity index is 0.00000312. The quantitative estimate of drug-likeness (QED) is 0.622. The molecule has 1 atom stereocenters. The average Bonchev–Trinajstić information content (AvgIpc) is 3.09. The largest absolute Gasteiger partial charge is 0.491 e. The van der Waals surface area contributed by atoms with E-state index in [4.69, 9.17) is 9.47 Å². The van der Waals surface area contributed by atoms with Crippen LogP contribution in [0, 0.1) is 12.8 Å². The smallest absolute Gasteiger partial charge is 0.220 e. The maximum absolute atomic E-state index is 12.1. The van der Waals surface area contributed by atoms with Gasteiger partial charge in [0, 0.05) is 25.1 Å². The van der Waals surface area contributed by atoms with Gasteiger partial charge in [0.15, 0.2) is 0 Å². The molecule has 0 spiro atoms. The van der Waals surface area contributed by atoms with Gasteiger partial charge >= 0.3 is 0 Å². The molecule has 1 aliphatic heterocycles. The first-order chi connectivity index (χ1) is 11.7. The van der Waals surface area contributed by atoms with Crippen LogP contribution in [0.1, 0.15) is 37.3 Å². The summed E-state index contributed by atoms with van der Waals surface area (Å²) >= 11 is 0. The standard InChI is InChI=1S/C19H30N2O3.ClH/c1-3-23-10-11-24-18-12-15(2)4-6-17(18)14-21-19(22)7-5-16-8-9-20-13-16;/h4,6,12,16,20H,3,5,7-11,13-14H2,1-2H3,(H,21,22);1H. The summed E-state index contributed by atoms with van der Waals surface area (Å²) < 4.78 is 11.1. The summed E-state index contributed by atoms with van der Waals surface area (Å²) in [7, 11) is 0. The Hall–Kier alpha value is -1.30. The van der Waals surface area contributed by atoms with Crippen molar-refractivity contribution in [2.45, 2.75) is 39.7 Å². The van der Waals surface area contributed by atoms with Crippen molar-refractivity contribution in [3.8, 4) is 5.75 Å². The van der Waals surface area contributed by atoms with E-state index in [9.17, 15) is 4.79 Å². The Labute approximate surface area is 157 Å². The Morgan fingerprint density at radius 1 is 1.36 bits per heavy atom. The topological polar surface area (TPSA) is 59.6 Å². The van der Waals surface area contributed by atoms with Crippen molar-refractivity contribution in [2.75, 3.05) is 32.9 Å². The maximum Gasteiger partial charge on any atom is 0.220 e. The van der Waals surface area contributed by atoms with Crippen molar-refractivity contribution in [3.63, 3.8) is 0 Å². The van der Waals surface area contributed by atoms with Crippen molar-refractivity contribution in [1.29, 1.82) is 0 Å². The Morgan fingerprint density at radius 2 is 2.20 bits per heavy atom. The van der Waals surface area contributed by atoms with Gasteiger partial charge in [-0.15, -0.1) is 12.4 Å². The third-order valence-corrected chi connectivity index (χ3v) is 4.33.